The number of benzene rings is 1. The first kappa shape index (κ1) is 15.7. The number of aryl methyl sites for hydroxylation is 1. The second kappa shape index (κ2) is 6.14. The van der Waals surface area contributed by atoms with Gasteiger partial charge < -0.3 is 19.5 Å². The Morgan fingerprint density at radius 3 is 2.83 bits per heavy atom. The van der Waals surface area contributed by atoms with Gasteiger partial charge in [-0.3, -0.25) is 4.79 Å². The lowest BCUT2D eigenvalue weighted by atomic mass is 9.93. The second-order valence-corrected chi connectivity index (χ2v) is 6.01. The van der Waals surface area contributed by atoms with Crippen molar-refractivity contribution in [2.75, 3.05) is 19.7 Å². The van der Waals surface area contributed by atoms with Crippen molar-refractivity contribution in [1.82, 2.24) is 9.88 Å². The predicted molar refractivity (Wildman–Crippen MR) is 83.8 cm³/mol. The third-order valence-electron chi connectivity index (χ3n) is 4.15. The zero-order valence-corrected chi connectivity index (χ0v) is 13.0. The molecule has 2 N–H and O–H groups in total. The maximum Gasteiger partial charge on any atom is 0.291 e. The molecule has 3 rings (SSSR count). The molecule has 6 heteroatoms. The highest BCUT2D eigenvalue weighted by Crippen LogP contribution is 2.26. The van der Waals surface area contributed by atoms with Crippen molar-refractivity contribution in [3.05, 3.63) is 41.8 Å². The van der Waals surface area contributed by atoms with Crippen molar-refractivity contribution in [1.29, 1.82) is 0 Å². The van der Waals surface area contributed by atoms with Crippen LogP contribution in [-0.2, 0) is 0 Å². The maximum atomic E-state index is 12.7. The third kappa shape index (κ3) is 3.13. The minimum atomic E-state index is -1.23. The first-order chi connectivity index (χ1) is 11.0. The summed E-state index contributed by atoms with van der Waals surface area (Å²) >= 11 is 0. The van der Waals surface area contributed by atoms with Gasteiger partial charge >= 0.3 is 0 Å². The van der Waals surface area contributed by atoms with Gasteiger partial charge in [-0.15, -0.1) is 0 Å². The number of hydrogen-bond acceptors (Lipinski definition) is 5. The van der Waals surface area contributed by atoms with Gasteiger partial charge in [0.15, 0.2) is 0 Å². The topological polar surface area (TPSA) is 86.8 Å². The lowest BCUT2D eigenvalue weighted by molar-refractivity contribution is -0.0603. The molecule has 23 heavy (non-hydrogen) atoms. The highest BCUT2D eigenvalue weighted by molar-refractivity contribution is 5.93. The molecule has 1 amide bonds. The fraction of sp³-hybridized carbons (Fsp3) is 0.412. The normalized spacial score (nSPS) is 21.4. The van der Waals surface area contributed by atoms with Gasteiger partial charge in [0.2, 0.25) is 11.7 Å². The van der Waals surface area contributed by atoms with Crippen molar-refractivity contribution < 1.29 is 19.4 Å². The largest absolute Gasteiger partial charge is 0.431 e. The van der Waals surface area contributed by atoms with Crippen LogP contribution in [0.2, 0.25) is 0 Å². The Labute approximate surface area is 134 Å². The number of aromatic nitrogens is 1. The van der Waals surface area contributed by atoms with Crippen LogP contribution in [0.1, 0.15) is 29.1 Å². The number of carbonyl (C=O) groups excluding carboxylic acids is 1. The standard InChI is InChI=1S/C17H20N2O4/c1-12-14(23-15(18-12)13-6-3-2-4-7-13)16(21)19-9-5-8-17(22,10-19)11-20/h2-4,6-7,20,22H,5,8-11H2,1H3/t17-/m1/s1. The highest BCUT2D eigenvalue weighted by Gasteiger charge is 2.36. The van der Waals surface area contributed by atoms with E-state index >= 15 is 0 Å². The molecule has 0 aliphatic carbocycles. The molecule has 0 saturated carbocycles. The molecule has 1 aromatic heterocycles. The summed E-state index contributed by atoms with van der Waals surface area (Å²) in [5.74, 6) is 0.288. The highest BCUT2D eigenvalue weighted by atomic mass is 16.4. The van der Waals surface area contributed by atoms with Gasteiger partial charge in [-0.25, -0.2) is 4.98 Å². The molecule has 0 unspecified atom stereocenters. The molecule has 0 bridgehead atoms. The number of hydrogen-bond donors (Lipinski definition) is 2. The van der Waals surface area contributed by atoms with Gasteiger partial charge in [0.25, 0.3) is 5.91 Å². The second-order valence-electron chi connectivity index (χ2n) is 6.01. The number of nitrogens with zero attached hydrogens (tertiary/aromatic N) is 2. The Balaban J connectivity index is 1.84. The van der Waals surface area contributed by atoms with Crippen LogP contribution in [0.15, 0.2) is 34.7 Å². The monoisotopic (exact) mass is 316 g/mol. The Hall–Kier alpha value is -2.18. The Bertz CT molecular complexity index is 698. The van der Waals surface area contributed by atoms with Gasteiger partial charge in [-0.1, -0.05) is 18.2 Å². The van der Waals surface area contributed by atoms with Crippen LogP contribution in [0.3, 0.4) is 0 Å². The van der Waals surface area contributed by atoms with Gasteiger partial charge in [0, 0.05) is 12.1 Å². The van der Waals surface area contributed by atoms with E-state index in [1.807, 2.05) is 30.3 Å². The summed E-state index contributed by atoms with van der Waals surface area (Å²) in [5.41, 5.74) is 0.0940. The van der Waals surface area contributed by atoms with Crippen LogP contribution < -0.4 is 0 Å². The van der Waals surface area contributed by atoms with E-state index in [2.05, 4.69) is 4.98 Å². The number of amides is 1. The number of oxazole rings is 1. The number of piperidine rings is 1. The van der Waals surface area contributed by atoms with Crippen LogP contribution >= 0.6 is 0 Å². The molecule has 1 aliphatic heterocycles. The lowest BCUT2D eigenvalue weighted by Crippen LogP contribution is -2.52. The Morgan fingerprint density at radius 2 is 2.13 bits per heavy atom. The summed E-state index contributed by atoms with van der Waals surface area (Å²) in [6.07, 6.45) is 1.12. The number of β-amino-alcohol motifs (C(OH)–C–C–N with tert-alkyl or cyclic N) is 1. The van der Waals surface area contributed by atoms with E-state index in [0.29, 0.717) is 31.0 Å². The summed E-state index contributed by atoms with van der Waals surface area (Å²) in [4.78, 5) is 18.5. The molecule has 122 valence electrons. The SMILES string of the molecule is Cc1nc(-c2ccccc2)oc1C(=O)N1CCC[C@](O)(CO)C1. The Kier molecular flexibility index (Phi) is 4.19. The van der Waals surface area contributed by atoms with Crippen molar-refractivity contribution >= 4 is 5.91 Å². The number of rotatable bonds is 3. The quantitative estimate of drug-likeness (QED) is 0.898. The molecule has 1 aliphatic rings. The number of likely N-dealkylation sites (tertiary alicyclic amines) is 1. The van der Waals surface area contributed by atoms with E-state index in [0.717, 1.165) is 5.56 Å². The minimum absolute atomic E-state index is 0.100. The average molecular weight is 316 g/mol. The van der Waals surface area contributed by atoms with Crippen LogP contribution in [0.5, 0.6) is 0 Å². The van der Waals surface area contributed by atoms with Crippen molar-refractivity contribution in [2.45, 2.75) is 25.4 Å². The van der Waals surface area contributed by atoms with Gasteiger partial charge in [0.05, 0.1) is 18.8 Å². The molecule has 1 atom stereocenters. The smallest absolute Gasteiger partial charge is 0.291 e. The number of carbonyl (C=O) groups is 1. The van der Waals surface area contributed by atoms with Gasteiger partial charge in [0.1, 0.15) is 5.60 Å². The first-order valence-corrected chi connectivity index (χ1v) is 7.68. The van der Waals surface area contributed by atoms with E-state index in [1.165, 1.54) is 4.90 Å². The van der Waals surface area contributed by atoms with Crippen LogP contribution in [0, 0.1) is 6.92 Å². The summed E-state index contributed by atoms with van der Waals surface area (Å²) in [6.45, 7) is 2.00. The van der Waals surface area contributed by atoms with Crippen molar-refractivity contribution in [2.24, 2.45) is 0 Å². The van der Waals surface area contributed by atoms with Crippen LogP contribution in [0.25, 0.3) is 11.5 Å². The van der Waals surface area contributed by atoms with E-state index in [9.17, 15) is 15.0 Å². The Morgan fingerprint density at radius 1 is 1.39 bits per heavy atom. The molecule has 0 radical (unpaired) electrons. The molecule has 0 spiro atoms. The van der Waals surface area contributed by atoms with E-state index < -0.39 is 5.60 Å². The lowest BCUT2D eigenvalue weighted by Gasteiger charge is -2.37. The fourth-order valence-electron chi connectivity index (χ4n) is 2.86. The molecule has 1 aromatic carbocycles. The first-order valence-electron chi connectivity index (χ1n) is 7.68. The summed E-state index contributed by atoms with van der Waals surface area (Å²) < 4.78 is 5.67. The average Bonchev–Trinajstić information content (AvgIpc) is 2.97. The molecule has 6 nitrogen and oxygen atoms in total. The molecular weight excluding hydrogens is 296 g/mol. The summed E-state index contributed by atoms with van der Waals surface area (Å²) in [6, 6.07) is 9.38. The van der Waals surface area contributed by atoms with Crippen LogP contribution in [-0.4, -0.2) is 51.3 Å². The maximum absolute atomic E-state index is 12.7. The predicted octanol–water partition coefficient (Wildman–Crippen LogP) is 1.61. The molecule has 1 saturated heterocycles. The molecule has 2 aromatic rings. The van der Waals surface area contributed by atoms with E-state index in [1.54, 1.807) is 6.92 Å². The minimum Gasteiger partial charge on any atom is -0.431 e. The zero-order valence-electron chi connectivity index (χ0n) is 13.0. The molecule has 1 fully saturated rings. The van der Waals surface area contributed by atoms with Crippen LogP contribution in [0.4, 0.5) is 0 Å². The molecule has 2 heterocycles. The van der Waals surface area contributed by atoms with E-state index in [-0.39, 0.29) is 24.8 Å². The molecular formula is C17H20N2O4. The zero-order chi connectivity index (χ0) is 16.4. The summed E-state index contributed by atoms with van der Waals surface area (Å²) in [7, 11) is 0. The van der Waals surface area contributed by atoms with Gasteiger partial charge in [-0.2, -0.15) is 0 Å². The fourth-order valence-corrected chi connectivity index (χ4v) is 2.86. The number of aliphatic hydroxyl groups is 2. The van der Waals surface area contributed by atoms with Crippen molar-refractivity contribution in [3.63, 3.8) is 0 Å². The van der Waals surface area contributed by atoms with E-state index in [4.69, 9.17) is 4.42 Å². The number of aliphatic hydroxyl groups excluding tert-OH is 1. The summed E-state index contributed by atoms with van der Waals surface area (Å²) in [5, 5.41) is 19.5. The third-order valence-corrected chi connectivity index (χ3v) is 4.15. The van der Waals surface area contributed by atoms with Crippen molar-refractivity contribution in [3.8, 4) is 11.5 Å². The van der Waals surface area contributed by atoms with Gasteiger partial charge in [-0.05, 0) is 31.9 Å².